The summed E-state index contributed by atoms with van der Waals surface area (Å²) in [5.41, 5.74) is 4.33. The Bertz CT molecular complexity index is 1900. The van der Waals surface area contributed by atoms with Crippen molar-refractivity contribution in [2.45, 2.75) is 89.4 Å². The second-order valence-electron chi connectivity index (χ2n) is 14.2. The van der Waals surface area contributed by atoms with Crippen molar-refractivity contribution in [3.05, 3.63) is 72.4 Å². The summed E-state index contributed by atoms with van der Waals surface area (Å²) >= 11 is 0. The van der Waals surface area contributed by atoms with Crippen LogP contribution in [0, 0.1) is 0 Å². The number of methoxy groups -OCH3 is 4. The molecular formula is C41H57NO9SSi. The van der Waals surface area contributed by atoms with Gasteiger partial charge in [-0.2, -0.15) is 0 Å². The number of aromatic nitrogens is 1. The van der Waals surface area contributed by atoms with Gasteiger partial charge in [-0.3, -0.25) is 0 Å². The maximum atomic E-state index is 14.6. The van der Waals surface area contributed by atoms with Gasteiger partial charge in [-0.05, 0) is 78.9 Å². The van der Waals surface area contributed by atoms with Crippen LogP contribution in [0.2, 0.25) is 16.6 Å². The second-order valence-corrected chi connectivity index (χ2v) is 21.5. The van der Waals surface area contributed by atoms with E-state index in [0.29, 0.717) is 80.8 Å². The Kier molecular flexibility index (Phi) is 14.1. The van der Waals surface area contributed by atoms with E-state index in [2.05, 4.69) is 41.5 Å². The zero-order chi connectivity index (χ0) is 39.1. The second kappa shape index (κ2) is 17.9. The maximum absolute atomic E-state index is 14.6. The fourth-order valence-electron chi connectivity index (χ4n) is 7.41. The molecule has 53 heavy (non-hydrogen) atoms. The molecule has 0 N–H and O–H groups in total. The minimum atomic E-state index is -4.11. The van der Waals surface area contributed by atoms with Crippen molar-refractivity contribution in [3.63, 3.8) is 0 Å². The first-order valence-electron chi connectivity index (χ1n) is 18.1. The highest BCUT2D eigenvalue weighted by Crippen LogP contribution is 2.46. The van der Waals surface area contributed by atoms with Crippen LogP contribution in [0.15, 0.2) is 71.8 Å². The first-order valence-corrected chi connectivity index (χ1v) is 21.7. The molecule has 1 heterocycles. The van der Waals surface area contributed by atoms with Gasteiger partial charge in [0.05, 0.1) is 38.0 Å². The molecule has 0 amide bonds. The highest BCUT2D eigenvalue weighted by atomic mass is 32.2. The molecule has 0 bridgehead atoms. The molecular weight excluding hydrogens is 711 g/mol. The van der Waals surface area contributed by atoms with Gasteiger partial charge in [0.25, 0.3) is 10.0 Å². The SMILES string of the molecule is COCOc1cc(OC(C)C)c(OC)cc1-c1cc(-c2cc(OC)c(OC)cc2CCO[Si](C(C)C)(C(C)C)C(C)C)n(S(=O)(=O)c2ccccc2)c1. The number of nitrogens with zero attached hydrogens (tertiary/aromatic N) is 1. The quantitative estimate of drug-likeness (QED) is 0.0682. The van der Waals surface area contributed by atoms with Gasteiger partial charge in [-0.15, -0.1) is 0 Å². The molecule has 12 heteroatoms. The van der Waals surface area contributed by atoms with E-state index < -0.39 is 18.3 Å². The Balaban J connectivity index is 2.01. The third-order valence-electron chi connectivity index (χ3n) is 9.67. The first-order chi connectivity index (χ1) is 25.2. The predicted molar refractivity (Wildman–Crippen MR) is 213 cm³/mol. The molecule has 0 radical (unpaired) electrons. The molecule has 4 rings (SSSR count). The molecule has 0 atom stereocenters. The predicted octanol–water partition coefficient (Wildman–Crippen LogP) is 9.59. The van der Waals surface area contributed by atoms with Crippen molar-refractivity contribution >= 4 is 18.3 Å². The van der Waals surface area contributed by atoms with Gasteiger partial charge in [0.1, 0.15) is 5.75 Å². The van der Waals surface area contributed by atoms with Crippen LogP contribution in [-0.2, 0) is 25.6 Å². The molecule has 3 aromatic carbocycles. The summed E-state index contributed by atoms with van der Waals surface area (Å²) in [6.45, 7) is 17.8. The van der Waals surface area contributed by atoms with Crippen LogP contribution < -0.4 is 23.7 Å². The minimum Gasteiger partial charge on any atom is -0.493 e. The minimum absolute atomic E-state index is 0.0376. The van der Waals surface area contributed by atoms with Crippen molar-refractivity contribution in [3.8, 4) is 51.1 Å². The third-order valence-corrected chi connectivity index (χ3v) is 17.5. The molecule has 0 saturated carbocycles. The zero-order valence-corrected chi connectivity index (χ0v) is 35.1. The number of hydrogen-bond acceptors (Lipinski definition) is 9. The third kappa shape index (κ3) is 8.88. The monoisotopic (exact) mass is 767 g/mol. The van der Waals surface area contributed by atoms with Crippen molar-refractivity contribution in [2.24, 2.45) is 0 Å². The van der Waals surface area contributed by atoms with Crippen LogP contribution >= 0.6 is 0 Å². The largest absolute Gasteiger partial charge is 0.493 e. The van der Waals surface area contributed by atoms with Gasteiger partial charge in [0, 0.05) is 42.7 Å². The molecule has 0 aliphatic heterocycles. The van der Waals surface area contributed by atoms with E-state index in [-0.39, 0.29) is 17.8 Å². The van der Waals surface area contributed by atoms with Crippen LogP contribution in [0.3, 0.4) is 0 Å². The van der Waals surface area contributed by atoms with Crippen LogP contribution in [-0.4, -0.2) is 68.7 Å². The molecule has 1 aromatic heterocycles. The van der Waals surface area contributed by atoms with Gasteiger partial charge >= 0.3 is 0 Å². The summed E-state index contributed by atoms with van der Waals surface area (Å²) < 4.78 is 72.1. The lowest BCUT2D eigenvalue weighted by atomic mass is 9.99. The van der Waals surface area contributed by atoms with Crippen LogP contribution in [0.25, 0.3) is 22.4 Å². The molecule has 0 aliphatic rings. The van der Waals surface area contributed by atoms with Crippen molar-refractivity contribution in [2.75, 3.05) is 41.8 Å². The average molecular weight is 768 g/mol. The van der Waals surface area contributed by atoms with Crippen LogP contribution in [0.4, 0.5) is 0 Å². The van der Waals surface area contributed by atoms with E-state index >= 15 is 0 Å². The summed E-state index contributed by atoms with van der Waals surface area (Å²) in [7, 11) is -0.0388. The lowest BCUT2D eigenvalue weighted by Gasteiger charge is -2.42. The summed E-state index contributed by atoms with van der Waals surface area (Å²) in [4.78, 5) is 0.143. The fraction of sp³-hybridized carbons (Fsp3) is 0.463. The van der Waals surface area contributed by atoms with E-state index in [1.54, 1.807) is 70.0 Å². The Morgan fingerprint density at radius 3 is 1.79 bits per heavy atom. The van der Waals surface area contributed by atoms with Crippen LogP contribution in [0.1, 0.15) is 61.0 Å². The topological polar surface area (TPSA) is 104 Å². The lowest BCUT2D eigenvalue weighted by molar-refractivity contribution is 0.0512. The molecule has 0 fully saturated rings. The van der Waals surface area contributed by atoms with E-state index in [1.807, 2.05) is 32.0 Å². The number of benzene rings is 3. The molecule has 290 valence electrons. The standard InChI is InChI=1S/C41H57NO9SSi/c1-27(2)51-41-24-37(49-26-45-9)35(23-40(41)48-12)32-20-36(42(25-32)52(43,44)33-16-14-13-15-17-33)34-22-39(47-11)38(46-10)21-31(34)18-19-50-53(28(3)4,29(5)6)30(7)8/h13-17,20-25,27-30H,18-19,26H2,1-12H3. The number of hydrogen-bond donors (Lipinski definition) is 0. The van der Waals surface area contributed by atoms with Crippen LogP contribution in [0.5, 0.6) is 28.7 Å². The average Bonchev–Trinajstić information content (AvgIpc) is 3.58. The molecule has 4 aromatic rings. The van der Waals surface area contributed by atoms with E-state index in [1.165, 1.54) is 11.1 Å². The summed E-state index contributed by atoms with van der Waals surface area (Å²) in [6.07, 6.45) is 2.00. The normalized spacial score (nSPS) is 12.2. The summed E-state index contributed by atoms with van der Waals surface area (Å²) in [5.74, 6) is 2.39. The fourth-order valence-corrected chi connectivity index (χ4v) is 14.3. The summed E-state index contributed by atoms with van der Waals surface area (Å²) in [6, 6.07) is 17.5. The van der Waals surface area contributed by atoms with Crippen molar-refractivity contribution in [1.82, 2.24) is 3.97 Å². The Morgan fingerprint density at radius 1 is 0.679 bits per heavy atom. The highest BCUT2D eigenvalue weighted by Gasteiger charge is 2.45. The van der Waals surface area contributed by atoms with E-state index in [9.17, 15) is 8.42 Å². The molecule has 0 spiro atoms. The van der Waals surface area contributed by atoms with Gasteiger partial charge in [-0.1, -0.05) is 59.7 Å². The zero-order valence-electron chi connectivity index (χ0n) is 33.3. The maximum Gasteiger partial charge on any atom is 0.268 e. The first kappa shape index (κ1) is 41.8. The smallest absolute Gasteiger partial charge is 0.268 e. The number of ether oxygens (including phenoxy) is 6. The molecule has 0 saturated heterocycles. The molecule has 0 unspecified atom stereocenters. The number of rotatable bonds is 19. The van der Waals surface area contributed by atoms with E-state index in [0.717, 1.165) is 5.56 Å². The van der Waals surface area contributed by atoms with Gasteiger partial charge in [0.15, 0.2) is 38.1 Å². The lowest BCUT2D eigenvalue weighted by Crippen LogP contribution is -2.48. The summed E-state index contributed by atoms with van der Waals surface area (Å²) in [5, 5.41) is 0. The van der Waals surface area contributed by atoms with Gasteiger partial charge < -0.3 is 32.8 Å². The Labute approximate surface area is 317 Å². The van der Waals surface area contributed by atoms with Gasteiger partial charge in [0.2, 0.25) is 0 Å². The molecule has 10 nitrogen and oxygen atoms in total. The Morgan fingerprint density at radius 2 is 1.25 bits per heavy atom. The highest BCUT2D eigenvalue weighted by molar-refractivity contribution is 7.90. The van der Waals surface area contributed by atoms with Gasteiger partial charge in [-0.25, -0.2) is 12.4 Å². The molecule has 0 aliphatic carbocycles. The van der Waals surface area contributed by atoms with Crippen molar-refractivity contribution in [1.29, 1.82) is 0 Å². The van der Waals surface area contributed by atoms with E-state index in [4.69, 9.17) is 32.8 Å². The van der Waals surface area contributed by atoms with Crippen molar-refractivity contribution < 1.29 is 41.3 Å². The Hall–Kier alpha value is -3.97.